The number of nitriles is 1. The molecule has 0 saturated heterocycles. The van der Waals surface area contributed by atoms with E-state index in [0.29, 0.717) is 17.4 Å². The number of hydrogen-bond acceptors (Lipinski definition) is 6. The minimum atomic E-state index is -0.532. The highest BCUT2D eigenvalue weighted by Crippen LogP contribution is 2.25. The van der Waals surface area contributed by atoms with E-state index in [9.17, 15) is 10.1 Å². The number of ether oxygens (including phenoxy) is 1. The highest BCUT2D eigenvalue weighted by atomic mass is 32.1. The van der Waals surface area contributed by atoms with Crippen LogP contribution in [0.2, 0.25) is 0 Å². The van der Waals surface area contributed by atoms with E-state index >= 15 is 0 Å². The van der Waals surface area contributed by atoms with Gasteiger partial charge in [-0.25, -0.2) is 0 Å². The Morgan fingerprint density at radius 2 is 2.23 bits per heavy atom. The van der Waals surface area contributed by atoms with Crippen molar-refractivity contribution in [2.75, 3.05) is 11.9 Å². The molecule has 1 amide bonds. The minimum Gasteiger partial charge on any atom is -0.492 e. The molecule has 1 aromatic carbocycles. The van der Waals surface area contributed by atoms with Gasteiger partial charge in [0.15, 0.2) is 0 Å². The standard InChI is InChI=1S/C18H15N5O2S/c1-2-25-16-8-4-3-7-15(16)23-9-5-6-14(23)10-13(11-19)17(24)21-18-22-20-12-26-18/h3-10,12H,2H2,1H3,(H,21,22,24)/b13-10-. The maximum atomic E-state index is 12.3. The number of rotatable bonds is 6. The Hall–Kier alpha value is -3.44. The maximum absolute atomic E-state index is 12.3. The average molecular weight is 365 g/mol. The van der Waals surface area contributed by atoms with Crippen LogP contribution in [0.25, 0.3) is 11.8 Å². The van der Waals surface area contributed by atoms with Gasteiger partial charge in [-0.05, 0) is 37.3 Å². The van der Waals surface area contributed by atoms with Gasteiger partial charge in [0.25, 0.3) is 5.91 Å². The number of carbonyl (C=O) groups excluding carboxylic acids is 1. The number of nitrogens with zero attached hydrogens (tertiary/aromatic N) is 4. The lowest BCUT2D eigenvalue weighted by atomic mass is 10.2. The molecule has 0 unspecified atom stereocenters. The molecule has 7 nitrogen and oxygen atoms in total. The number of para-hydroxylation sites is 2. The number of nitrogens with one attached hydrogen (secondary N) is 1. The molecule has 0 bridgehead atoms. The number of hydrogen-bond donors (Lipinski definition) is 1. The SMILES string of the molecule is CCOc1ccccc1-n1cccc1/C=C(/C#N)C(=O)Nc1nncs1. The van der Waals surface area contributed by atoms with Crippen molar-refractivity contribution in [3.8, 4) is 17.5 Å². The molecular weight excluding hydrogens is 350 g/mol. The molecule has 0 aliphatic rings. The van der Waals surface area contributed by atoms with Crippen LogP contribution in [0.3, 0.4) is 0 Å². The largest absolute Gasteiger partial charge is 0.492 e. The quantitative estimate of drug-likeness (QED) is 0.534. The normalized spacial score (nSPS) is 11.0. The first-order valence-corrected chi connectivity index (χ1v) is 8.69. The lowest BCUT2D eigenvalue weighted by Crippen LogP contribution is -2.13. The van der Waals surface area contributed by atoms with Gasteiger partial charge < -0.3 is 9.30 Å². The van der Waals surface area contributed by atoms with Gasteiger partial charge in [0.1, 0.15) is 22.9 Å². The van der Waals surface area contributed by atoms with Crippen molar-refractivity contribution in [3.63, 3.8) is 0 Å². The topological polar surface area (TPSA) is 92.8 Å². The molecule has 1 N–H and O–H groups in total. The predicted molar refractivity (Wildman–Crippen MR) is 99.1 cm³/mol. The highest BCUT2D eigenvalue weighted by molar-refractivity contribution is 7.13. The molecule has 0 radical (unpaired) electrons. The zero-order valence-electron chi connectivity index (χ0n) is 13.9. The van der Waals surface area contributed by atoms with Crippen LogP contribution in [0.1, 0.15) is 12.6 Å². The number of amides is 1. The van der Waals surface area contributed by atoms with Crippen LogP contribution in [0.15, 0.2) is 53.7 Å². The van der Waals surface area contributed by atoms with E-state index in [4.69, 9.17) is 4.74 Å². The van der Waals surface area contributed by atoms with Gasteiger partial charge in [0.05, 0.1) is 12.3 Å². The van der Waals surface area contributed by atoms with Crippen LogP contribution in [-0.4, -0.2) is 27.3 Å². The summed E-state index contributed by atoms with van der Waals surface area (Å²) in [4.78, 5) is 12.3. The van der Waals surface area contributed by atoms with Crippen LogP contribution in [0, 0.1) is 11.3 Å². The van der Waals surface area contributed by atoms with E-state index in [0.717, 1.165) is 11.4 Å². The lowest BCUT2D eigenvalue weighted by molar-refractivity contribution is -0.112. The van der Waals surface area contributed by atoms with Crippen molar-refractivity contribution < 1.29 is 9.53 Å². The van der Waals surface area contributed by atoms with Crippen molar-refractivity contribution in [2.24, 2.45) is 0 Å². The molecular formula is C18H15N5O2S. The smallest absolute Gasteiger partial charge is 0.268 e. The molecule has 26 heavy (non-hydrogen) atoms. The molecule has 2 aromatic heterocycles. The molecule has 2 heterocycles. The van der Waals surface area contributed by atoms with Gasteiger partial charge in [-0.15, -0.1) is 10.2 Å². The average Bonchev–Trinajstić information content (AvgIpc) is 3.32. The molecule has 0 fully saturated rings. The van der Waals surface area contributed by atoms with Gasteiger partial charge in [-0.3, -0.25) is 10.1 Å². The van der Waals surface area contributed by atoms with Gasteiger partial charge in [0.2, 0.25) is 5.13 Å². The van der Waals surface area contributed by atoms with Crippen LogP contribution in [-0.2, 0) is 4.79 Å². The summed E-state index contributed by atoms with van der Waals surface area (Å²) in [6, 6.07) is 13.2. The van der Waals surface area contributed by atoms with Crippen molar-refractivity contribution in [3.05, 3.63) is 59.4 Å². The zero-order valence-corrected chi connectivity index (χ0v) is 14.7. The van der Waals surface area contributed by atoms with E-state index in [1.54, 1.807) is 0 Å². The van der Waals surface area contributed by atoms with Crippen LogP contribution >= 0.6 is 11.3 Å². The molecule has 0 atom stereocenters. The summed E-state index contributed by atoms with van der Waals surface area (Å²) in [6.07, 6.45) is 3.38. The summed E-state index contributed by atoms with van der Waals surface area (Å²) < 4.78 is 7.53. The second-order valence-corrected chi connectivity index (χ2v) is 5.90. The molecule has 3 rings (SSSR count). The van der Waals surface area contributed by atoms with Gasteiger partial charge in [0, 0.05) is 11.9 Å². The Morgan fingerprint density at radius 3 is 2.96 bits per heavy atom. The summed E-state index contributed by atoms with van der Waals surface area (Å²) in [5.41, 5.74) is 2.98. The lowest BCUT2D eigenvalue weighted by Gasteiger charge is -2.13. The highest BCUT2D eigenvalue weighted by Gasteiger charge is 2.13. The van der Waals surface area contributed by atoms with Gasteiger partial charge >= 0.3 is 0 Å². The first-order valence-electron chi connectivity index (χ1n) is 7.81. The third kappa shape index (κ3) is 3.79. The first-order chi connectivity index (χ1) is 12.7. The van der Waals surface area contributed by atoms with E-state index in [2.05, 4.69) is 15.5 Å². The van der Waals surface area contributed by atoms with E-state index in [1.807, 2.05) is 60.2 Å². The van der Waals surface area contributed by atoms with E-state index in [-0.39, 0.29) is 5.57 Å². The van der Waals surface area contributed by atoms with E-state index in [1.165, 1.54) is 22.9 Å². The van der Waals surface area contributed by atoms with Gasteiger partial charge in [-0.1, -0.05) is 23.5 Å². The zero-order chi connectivity index (χ0) is 18.4. The fraction of sp³-hybridized carbons (Fsp3) is 0.111. The van der Waals surface area contributed by atoms with Crippen molar-refractivity contribution >= 4 is 28.5 Å². The number of carbonyl (C=O) groups is 1. The second kappa shape index (κ2) is 8.09. The van der Waals surface area contributed by atoms with Crippen molar-refractivity contribution in [1.82, 2.24) is 14.8 Å². The van der Waals surface area contributed by atoms with Crippen LogP contribution in [0.4, 0.5) is 5.13 Å². The molecule has 0 aliphatic carbocycles. The molecule has 0 saturated carbocycles. The number of aromatic nitrogens is 3. The third-order valence-electron chi connectivity index (χ3n) is 3.44. The van der Waals surface area contributed by atoms with Crippen molar-refractivity contribution in [2.45, 2.75) is 6.92 Å². The summed E-state index contributed by atoms with van der Waals surface area (Å²) in [6.45, 7) is 2.45. The molecule has 0 spiro atoms. The Balaban J connectivity index is 1.93. The Bertz CT molecular complexity index is 970. The Morgan fingerprint density at radius 1 is 1.38 bits per heavy atom. The Kier molecular flexibility index (Phi) is 5.41. The minimum absolute atomic E-state index is 0.0333. The summed E-state index contributed by atoms with van der Waals surface area (Å²) in [7, 11) is 0. The number of anilines is 1. The van der Waals surface area contributed by atoms with Crippen LogP contribution < -0.4 is 10.1 Å². The predicted octanol–water partition coefficient (Wildman–Crippen LogP) is 3.27. The summed E-state index contributed by atoms with van der Waals surface area (Å²) >= 11 is 1.18. The molecule has 0 aliphatic heterocycles. The maximum Gasteiger partial charge on any atom is 0.268 e. The van der Waals surface area contributed by atoms with E-state index < -0.39 is 5.91 Å². The fourth-order valence-corrected chi connectivity index (χ4v) is 2.79. The molecule has 3 aromatic rings. The van der Waals surface area contributed by atoms with Crippen LogP contribution in [0.5, 0.6) is 5.75 Å². The summed E-state index contributed by atoms with van der Waals surface area (Å²) in [5.74, 6) is 0.188. The number of benzene rings is 1. The molecule has 130 valence electrons. The summed E-state index contributed by atoms with van der Waals surface area (Å²) in [5, 5.41) is 19.7. The monoisotopic (exact) mass is 365 g/mol. The molecule has 8 heteroatoms. The third-order valence-corrected chi connectivity index (χ3v) is 4.05. The second-order valence-electron chi connectivity index (χ2n) is 5.07. The Labute approximate surface area is 154 Å². The van der Waals surface area contributed by atoms with Crippen molar-refractivity contribution in [1.29, 1.82) is 5.26 Å². The fourth-order valence-electron chi connectivity index (χ4n) is 2.35. The first kappa shape index (κ1) is 17.4. The van der Waals surface area contributed by atoms with Gasteiger partial charge in [-0.2, -0.15) is 5.26 Å².